The number of hydrogen-bond donors (Lipinski definition) is 2. The van der Waals surface area contributed by atoms with Gasteiger partial charge in [0.05, 0.1) is 0 Å². The highest BCUT2D eigenvalue weighted by Crippen LogP contribution is 2.32. The molecule has 0 saturated heterocycles. The Morgan fingerprint density at radius 1 is 1.29 bits per heavy atom. The van der Waals surface area contributed by atoms with Crippen molar-refractivity contribution in [3.05, 3.63) is 42.0 Å². The second kappa shape index (κ2) is 8.19. The van der Waals surface area contributed by atoms with Crippen molar-refractivity contribution in [1.29, 1.82) is 0 Å². The maximum Gasteiger partial charge on any atom is 0.326 e. The average molecular weight is 331 g/mol. The van der Waals surface area contributed by atoms with Gasteiger partial charge in [-0.05, 0) is 23.6 Å². The lowest BCUT2D eigenvalue weighted by Crippen LogP contribution is -2.44. The number of carbonyl (C=O) groups excluding carboxylic acids is 1. The van der Waals surface area contributed by atoms with E-state index in [2.05, 4.69) is 5.32 Å². The Labute approximate surface area is 140 Å². The molecule has 1 amide bonds. The Morgan fingerprint density at radius 3 is 2.75 bits per heavy atom. The number of carbonyl (C=O) groups is 2. The highest BCUT2D eigenvalue weighted by Gasteiger charge is 2.24. The first-order chi connectivity index (χ1) is 11.5. The molecule has 0 bridgehead atoms. The van der Waals surface area contributed by atoms with Crippen LogP contribution in [0.4, 0.5) is 0 Å². The molecule has 1 aliphatic heterocycles. The first kappa shape index (κ1) is 17.6. The number of rotatable bonds is 7. The summed E-state index contributed by atoms with van der Waals surface area (Å²) in [6.45, 7) is 3.91. The van der Waals surface area contributed by atoms with E-state index in [-0.39, 0.29) is 12.7 Å². The number of nitrogens with one attached hydrogen (secondary N) is 1. The summed E-state index contributed by atoms with van der Waals surface area (Å²) in [7, 11) is 0. The van der Waals surface area contributed by atoms with Gasteiger partial charge in [-0.3, -0.25) is 4.79 Å². The third kappa shape index (κ3) is 4.62. The number of aliphatic carboxylic acids is 1. The average Bonchev–Trinajstić information content (AvgIpc) is 3.03. The minimum atomic E-state index is -1.03. The standard InChI is InChI=1S/C18H21NO5/c1-3-12(2)17(18(21)22)19-16(20)7-5-4-6-13-8-9-14-15(10-13)24-11-23-14/h4-10,12,17H,3,11H2,1-2H3,(H,19,20)(H,21,22). The molecule has 1 aromatic rings. The predicted octanol–water partition coefficient (Wildman–Crippen LogP) is 2.60. The fourth-order valence-corrected chi connectivity index (χ4v) is 2.21. The third-order valence-electron chi connectivity index (χ3n) is 3.82. The fraction of sp³-hybridized carbons (Fsp3) is 0.333. The molecule has 128 valence electrons. The largest absolute Gasteiger partial charge is 0.480 e. The normalized spacial score (nSPS) is 15.6. The van der Waals surface area contributed by atoms with Crippen LogP contribution in [0.5, 0.6) is 11.5 Å². The summed E-state index contributed by atoms with van der Waals surface area (Å²) in [4.78, 5) is 23.0. The van der Waals surface area contributed by atoms with Crippen LogP contribution in [0.25, 0.3) is 6.08 Å². The Morgan fingerprint density at radius 2 is 2.04 bits per heavy atom. The molecular formula is C18H21NO5. The van der Waals surface area contributed by atoms with Gasteiger partial charge in [0, 0.05) is 6.08 Å². The Balaban J connectivity index is 1.90. The van der Waals surface area contributed by atoms with Crippen LogP contribution in [0, 0.1) is 5.92 Å². The van der Waals surface area contributed by atoms with Crippen LogP contribution in [0.15, 0.2) is 36.4 Å². The maximum atomic E-state index is 11.8. The molecule has 6 heteroatoms. The summed E-state index contributed by atoms with van der Waals surface area (Å²) < 4.78 is 10.5. The van der Waals surface area contributed by atoms with Crippen molar-refractivity contribution in [3.8, 4) is 11.5 Å². The SMILES string of the molecule is CCC(C)C(NC(=O)C=CC=Cc1ccc2c(c1)OCO2)C(=O)O. The number of carboxylic acid groups (broad SMARTS) is 1. The van der Waals surface area contributed by atoms with Crippen molar-refractivity contribution >= 4 is 18.0 Å². The molecule has 1 aromatic carbocycles. The molecule has 24 heavy (non-hydrogen) atoms. The van der Waals surface area contributed by atoms with Crippen molar-refractivity contribution in [3.63, 3.8) is 0 Å². The van der Waals surface area contributed by atoms with Gasteiger partial charge >= 0.3 is 5.97 Å². The van der Waals surface area contributed by atoms with Crippen LogP contribution in [0.1, 0.15) is 25.8 Å². The minimum Gasteiger partial charge on any atom is -0.480 e. The zero-order valence-corrected chi connectivity index (χ0v) is 13.7. The molecule has 1 aliphatic rings. The summed E-state index contributed by atoms with van der Waals surface area (Å²) in [6.07, 6.45) is 7.06. The maximum absolute atomic E-state index is 11.8. The molecular weight excluding hydrogens is 310 g/mol. The van der Waals surface area contributed by atoms with Gasteiger partial charge in [-0.15, -0.1) is 0 Å². The summed E-state index contributed by atoms with van der Waals surface area (Å²) in [5.41, 5.74) is 0.910. The molecule has 2 N–H and O–H groups in total. The fourth-order valence-electron chi connectivity index (χ4n) is 2.21. The van der Waals surface area contributed by atoms with E-state index in [1.165, 1.54) is 6.08 Å². The van der Waals surface area contributed by atoms with Crippen molar-refractivity contribution in [2.24, 2.45) is 5.92 Å². The van der Waals surface area contributed by atoms with E-state index in [4.69, 9.17) is 14.6 Å². The summed E-state index contributed by atoms with van der Waals surface area (Å²) in [5.74, 6) is -0.187. The number of amides is 1. The van der Waals surface area contributed by atoms with E-state index in [9.17, 15) is 9.59 Å². The zero-order valence-electron chi connectivity index (χ0n) is 13.7. The first-order valence-electron chi connectivity index (χ1n) is 7.79. The number of fused-ring (bicyclic) bond motifs is 1. The molecule has 0 aliphatic carbocycles. The topological polar surface area (TPSA) is 84.9 Å². The van der Waals surface area contributed by atoms with E-state index in [1.54, 1.807) is 19.1 Å². The first-order valence-corrected chi connectivity index (χ1v) is 7.79. The second-order valence-electron chi connectivity index (χ2n) is 5.54. The van der Waals surface area contributed by atoms with Crippen LogP contribution in [0.3, 0.4) is 0 Å². The number of benzene rings is 1. The highest BCUT2D eigenvalue weighted by atomic mass is 16.7. The van der Waals surface area contributed by atoms with Gasteiger partial charge in [-0.2, -0.15) is 0 Å². The zero-order chi connectivity index (χ0) is 17.5. The van der Waals surface area contributed by atoms with E-state index in [0.29, 0.717) is 17.9 Å². The van der Waals surface area contributed by atoms with Crippen LogP contribution in [-0.4, -0.2) is 29.8 Å². The van der Waals surface area contributed by atoms with Crippen LogP contribution in [0.2, 0.25) is 0 Å². The molecule has 2 atom stereocenters. The Hall–Kier alpha value is -2.76. The highest BCUT2D eigenvalue weighted by molar-refractivity contribution is 5.91. The van der Waals surface area contributed by atoms with Crippen LogP contribution >= 0.6 is 0 Å². The molecule has 0 aromatic heterocycles. The van der Waals surface area contributed by atoms with E-state index >= 15 is 0 Å². The van der Waals surface area contributed by atoms with Crippen molar-refractivity contribution in [2.45, 2.75) is 26.3 Å². The second-order valence-corrected chi connectivity index (χ2v) is 5.54. The number of carboxylic acids is 1. The summed E-state index contributed by atoms with van der Waals surface area (Å²) >= 11 is 0. The van der Waals surface area contributed by atoms with Gasteiger partial charge in [0.25, 0.3) is 0 Å². The van der Waals surface area contributed by atoms with E-state index in [0.717, 1.165) is 5.56 Å². The van der Waals surface area contributed by atoms with Crippen molar-refractivity contribution < 1.29 is 24.2 Å². The lowest BCUT2D eigenvalue weighted by Gasteiger charge is -2.19. The van der Waals surface area contributed by atoms with E-state index in [1.807, 2.05) is 31.2 Å². The lowest BCUT2D eigenvalue weighted by molar-refractivity contribution is -0.142. The summed E-state index contributed by atoms with van der Waals surface area (Å²) in [5, 5.41) is 11.7. The van der Waals surface area contributed by atoms with Crippen molar-refractivity contribution in [1.82, 2.24) is 5.32 Å². The predicted molar refractivity (Wildman–Crippen MR) is 89.8 cm³/mol. The summed E-state index contributed by atoms with van der Waals surface area (Å²) in [6, 6.07) is 4.66. The van der Waals surface area contributed by atoms with Gasteiger partial charge < -0.3 is 19.9 Å². The van der Waals surface area contributed by atoms with E-state index < -0.39 is 17.9 Å². The van der Waals surface area contributed by atoms with Crippen LogP contribution in [-0.2, 0) is 9.59 Å². The van der Waals surface area contributed by atoms with Gasteiger partial charge in [-0.1, -0.05) is 44.6 Å². The van der Waals surface area contributed by atoms with Gasteiger partial charge in [0.1, 0.15) is 6.04 Å². The minimum absolute atomic E-state index is 0.135. The van der Waals surface area contributed by atoms with Crippen LogP contribution < -0.4 is 14.8 Å². The Bertz CT molecular complexity index is 665. The molecule has 2 rings (SSSR count). The van der Waals surface area contributed by atoms with Gasteiger partial charge in [0.15, 0.2) is 11.5 Å². The smallest absolute Gasteiger partial charge is 0.326 e. The van der Waals surface area contributed by atoms with Crippen molar-refractivity contribution in [2.75, 3.05) is 6.79 Å². The Kier molecular flexibility index (Phi) is 6.01. The number of ether oxygens (including phenoxy) is 2. The molecule has 0 fully saturated rings. The molecule has 1 heterocycles. The van der Waals surface area contributed by atoms with Gasteiger partial charge in [-0.25, -0.2) is 4.79 Å². The lowest BCUT2D eigenvalue weighted by atomic mass is 9.99. The van der Waals surface area contributed by atoms with Gasteiger partial charge in [0.2, 0.25) is 12.7 Å². The third-order valence-corrected chi connectivity index (χ3v) is 3.82. The molecule has 6 nitrogen and oxygen atoms in total. The quantitative estimate of drug-likeness (QED) is 0.592. The monoisotopic (exact) mass is 331 g/mol. The molecule has 2 unspecified atom stereocenters. The molecule has 0 spiro atoms. The number of hydrogen-bond acceptors (Lipinski definition) is 4. The number of allylic oxidation sites excluding steroid dienone is 2. The molecule has 0 radical (unpaired) electrons. The molecule has 0 saturated carbocycles.